The van der Waals surface area contributed by atoms with Gasteiger partial charge in [0, 0.05) is 11.5 Å². The van der Waals surface area contributed by atoms with Crippen LogP contribution < -0.4 is 15.0 Å². The Balaban J connectivity index is 2.18. The summed E-state index contributed by atoms with van der Waals surface area (Å²) in [7, 11) is 1.53. The molecule has 2 atom stereocenters. The second-order valence-electron chi connectivity index (χ2n) is 4.34. The number of carbonyl (C=O) groups is 1. The molecule has 2 unspecified atom stereocenters. The largest absolute Gasteiger partial charge is 0.493 e. The van der Waals surface area contributed by atoms with Crippen LogP contribution >= 0.6 is 0 Å². The van der Waals surface area contributed by atoms with Crippen molar-refractivity contribution in [2.24, 2.45) is 5.92 Å². The summed E-state index contributed by atoms with van der Waals surface area (Å²) in [4.78, 5) is 16.5. The first-order chi connectivity index (χ1) is 8.72. The van der Waals surface area contributed by atoms with Crippen molar-refractivity contribution in [1.82, 2.24) is 5.48 Å². The van der Waals surface area contributed by atoms with E-state index in [4.69, 9.17) is 14.3 Å². The summed E-state index contributed by atoms with van der Waals surface area (Å²) in [6, 6.07) is 2.99. The normalized spacial score (nSPS) is 24.9. The van der Waals surface area contributed by atoms with Gasteiger partial charge in [0.05, 0.1) is 31.9 Å². The van der Waals surface area contributed by atoms with Crippen LogP contribution in [0.1, 0.15) is 22.0 Å². The molecule has 0 saturated carbocycles. The fourth-order valence-electron chi connectivity index (χ4n) is 2.45. The Kier molecular flexibility index (Phi) is 2.61. The molecule has 0 bridgehead atoms. The first-order valence-electron chi connectivity index (χ1n) is 5.66. The maximum atomic E-state index is 11.3. The third-order valence-corrected chi connectivity index (χ3v) is 3.34. The number of carboxylic acid groups (broad SMARTS) is 1. The average Bonchev–Trinajstić information content (AvgIpc) is 2.85. The molecule has 96 valence electrons. The van der Waals surface area contributed by atoms with E-state index in [9.17, 15) is 9.90 Å². The van der Waals surface area contributed by atoms with Gasteiger partial charge >= 0.3 is 5.97 Å². The topological polar surface area (TPSA) is 77.0 Å². The summed E-state index contributed by atoms with van der Waals surface area (Å²) in [5, 5.41) is 9.26. The van der Waals surface area contributed by atoms with Crippen LogP contribution in [0.4, 0.5) is 0 Å². The van der Waals surface area contributed by atoms with Crippen molar-refractivity contribution in [2.75, 3.05) is 20.3 Å². The van der Waals surface area contributed by atoms with E-state index in [1.54, 1.807) is 6.07 Å². The standard InChI is InChI=1S/C12H13NO5/c1-16-8-3-2-7(12(14)15)9-10-6(5-18-13-10)4-17-11(8)9/h2-3,6,10,13H,4-5H2,1H3,(H,14,15). The van der Waals surface area contributed by atoms with E-state index in [1.807, 2.05) is 0 Å². The summed E-state index contributed by atoms with van der Waals surface area (Å²) in [5.41, 5.74) is 3.69. The van der Waals surface area contributed by atoms with Gasteiger partial charge in [0.1, 0.15) is 0 Å². The first kappa shape index (κ1) is 11.3. The van der Waals surface area contributed by atoms with Gasteiger partial charge in [0.25, 0.3) is 0 Å². The molecule has 3 rings (SSSR count). The van der Waals surface area contributed by atoms with Gasteiger partial charge in [0.15, 0.2) is 11.5 Å². The van der Waals surface area contributed by atoms with Gasteiger partial charge in [-0.25, -0.2) is 4.79 Å². The number of methoxy groups -OCH3 is 1. The van der Waals surface area contributed by atoms with Crippen molar-refractivity contribution in [3.63, 3.8) is 0 Å². The fourth-order valence-corrected chi connectivity index (χ4v) is 2.45. The third kappa shape index (κ3) is 1.53. The number of rotatable bonds is 2. The van der Waals surface area contributed by atoms with Crippen LogP contribution in [0.2, 0.25) is 0 Å². The molecule has 18 heavy (non-hydrogen) atoms. The zero-order chi connectivity index (χ0) is 12.7. The van der Waals surface area contributed by atoms with E-state index in [-0.39, 0.29) is 17.5 Å². The lowest BCUT2D eigenvalue weighted by Gasteiger charge is -2.29. The van der Waals surface area contributed by atoms with Gasteiger partial charge in [-0.1, -0.05) is 0 Å². The van der Waals surface area contributed by atoms with Crippen LogP contribution in [0.3, 0.4) is 0 Å². The van der Waals surface area contributed by atoms with E-state index in [2.05, 4.69) is 5.48 Å². The van der Waals surface area contributed by atoms with Crippen molar-refractivity contribution in [1.29, 1.82) is 0 Å². The lowest BCUT2D eigenvalue weighted by molar-refractivity contribution is 0.0688. The highest BCUT2D eigenvalue weighted by molar-refractivity contribution is 5.91. The van der Waals surface area contributed by atoms with Gasteiger partial charge < -0.3 is 19.4 Å². The van der Waals surface area contributed by atoms with Gasteiger partial charge in [-0.15, -0.1) is 0 Å². The minimum atomic E-state index is -0.980. The molecule has 0 radical (unpaired) electrons. The number of ether oxygens (including phenoxy) is 2. The highest BCUT2D eigenvalue weighted by Crippen LogP contribution is 2.45. The lowest BCUT2D eigenvalue weighted by atomic mass is 9.89. The Morgan fingerprint density at radius 2 is 2.33 bits per heavy atom. The second kappa shape index (κ2) is 4.15. The number of nitrogens with one attached hydrogen (secondary N) is 1. The Morgan fingerprint density at radius 1 is 1.50 bits per heavy atom. The molecule has 6 nitrogen and oxygen atoms in total. The van der Waals surface area contributed by atoms with Crippen LogP contribution in [0.15, 0.2) is 12.1 Å². The molecule has 1 aromatic rings. The second-order valence-corrected chi connectivity index (χ2v) is 4.34. The lowest BCUT2D eigenvalue weighted by Crippen LogP contribution is -2.30. The summed E-state index contributed by atoms with van der Waals surface area (Å²) >= 11 is 0. The zero-order valence-corrected chi connectivity index (χ0v) is 9.80. The molecule has 2 heterocycles. The first-order valence-corrected chi connectivity index (χ1v) is 5.66. The molecule has 1 fully saturated rings. The number of hydroxylamine groups is 1. The van der Waals surface area contributed by atoms with Gasteiger partial charge in [-0.3, -0.25) is 0 Å². The fraction of sp³-hybridized carbons (Fsp3) is 0.417. The molecular weight excluding hydrogens is 238 g/mol. The molecule has 0 aliphatic carbocycles. The summed E-state index contributed by atoms with van der Waals surface area (Å²) in [5.74, 6) is 0.188. The Bertz CT molecular complexity index is 501. The van der Waals surface area contributed by atoms with Crippen molar-refractivity contribution < 1.29 is 24.2 Å². The van der Waals surface area contributed by atoms with Crippen LogP contribution in [0.5, 0.6) is 11.5 Å². The zero-order valence-electron chi connectivity index (χ0n) is 9.80. The van der Waals surface area contributed by atoms with Crippen LogP contribution in [-0.4, -0.2) is 31.4 Å². The predicted octanol–water partition coefficient (Wildman–Crippen LogP) is 0.978. The third-order valence-electron chi connectivity index (χ3n) is 3.34. The summed E-state index contributed by atoms with van der Waals surface area (Å²) < 4.78 is 10.9. The van der Waals surface area contributed by atoms with E-state index < -0.39 is 5.97 Å². The van der Waals surface area contributed by atoms with Crippen LogP contribution in [-0.2, 0) is 4.84 Å². The average molecular weight is 251 g/mol. The SMILES string of the molecule is COc1ccc(C(=O)O)c2c1OCC1CONC21. The Morgan fingerprint density at radius 3 is 3.06 bits per heavy atom. The molecule has 6 heteroatoms. The number of hydrogen-bond acceptors (Lipinski definition) is 5. The molecule has 2 N–H and O–H groups in total. The molecule has 2 aliphatic rings. The van der Waals surface area contributed by atoms with Gasteiger partial charge in [-0.05, 0) is 12.1 Å². The number of fused-ring (bicyclic) bond motifs is 3. The minimum absolute atomic E-state index is 0.128. The maximum absolute atomic E-state index is 11.3. The minimum Gasteiger partial charge on any atom is -0.493 e. The molecule has 0 aromatic heterocycles. The highest BCUT2D eigenvalue weighted by Gasteiger charge is 2.40. The highest BCUT2D eigenvalue weighted by atomic mass is 16.7. The van der Waals surface area contributed by atoms with Gasteiger partial charge in [0.2, 0.25) is 0 Å². The quantitative estimate of drug-likeness (QED) is 0.815. The van der Waals surface area contributed by atoms with E-state index in [0.717, 1.165) is 0 Å². The van der Waals surface area contributed by atoms with Crippen molar-refractivity contribution in [2.45, 2.75) is 6.04 Å². The van der Waals surface area contributed by atoms with Crippen molar-refractivity contribution in [3.8, 4) is 11.5 Å². The van der Waals surface area contributed by atoms with Gasteiger partial charge in [-0.2, -0.15) is 5.48 Å². The molecular formula is C12H13NO5. The number of carboxylic acids is 1. The molecule has 0 amide bonds. The number of hydrogen-bond donors (Lipinski definition) is 2. The van der Waals surface area contributed by atoms with E-state index in [1.165, 1.54) is 13.2 Å². The molecule has 2 aliphatic heterocycles. The van der Waals surface area contributed by atoms with Crippen LogP contribution in [0.25, 0.3) is 0 Å². The Labute approximate surface area is 103 Å². The molecule has 1 aromatic carbocycles. The smallest absolute Gasteiger partial charge is 0.336 e. The van der Waals surface area contributed by atoms with Crippen molar-refractivity contribution >= 4 is 5.97 Å². The predicted molar refractivity (Wildman–Crippen MR) is 60.8 cm³/mol. The van der Waals surface area contributed by atoms with E-state index in [0.29, 0.717) is 30.3 Å². The monoisotopic (exact) mass is 251 g/mol. The maximum Gasteiger partial charge on any atom is 0.336 e. The summed E-state index contributed by atoms with van der Waals surface area (Å²) in [6.07, 6.45) is 0. The number of benzene rings is 1. The molecule has 0 spiro atoms. The summed E-state index contributed by atoms with van der Waals surface area (Å²) in [6.45, 7) is 1.00. The van der Waals surface area contributed by atoms with Crippen molar-refractivity contribution in [3.05, 3.63) is 23.3 Å². The number of aromatic carboxylic acids is 1. The van der Waals surface area contributed by atoms with E-state index >= 15 is 0 Å². The molecule has 1 saturated heterocycles. The van der Waals surface area contributed by atoms with Crippen LogP contribution in [0, 0.1) is 5.92 Å². The Hall–Kier alpha value is -1.79.